The molecule has 0 radical (unpaired) electrons. The summed E-state index contributed by atoms with van der Waals surface area (Å²) in [5, 5.41) is 3.28. The zero-order valence-corrected chi connectivity index (χ0v) is 19.4. The highest BCUT2D eigenvalue weighted by molar-refractivity contribution is 7.13. The van der Waals surface area contributed by atoms with E-state index in [2.05, 4.69) is 4.98 Å². The molecule has 1 saturated heterocycles. The van der Waals surface area contributed by atoms with E-state index in [-0.39, 0.29) is 17.9 Å². The summed E-state index contributed by atoms with van der Waals surface area (Å²) in [7, 11) is 1.74. The molecule has 3 rings (SSSR count). The molecule has 1 fully saturated rings. The number of carbonyl (C=O) groups excluding carboxylic acids is 2. The van der Waals surface area contributed by atoms with Gasteiger partial charge in [-0.3, -0.25) is 4.79 Å². The zero-order valence-electron chi connectivity index (χ0n) is 17.9. The van der Waals surface area contributed by atoms with Crippen molar-refractivity contribution in [2.75, 3.05) is 26.7 Å². The van der Waals surface area contributed by atoms with E-state index in [1.807, 2.05) is 55.3 Å². The average Bonchev–Trinajstić information content (AvgIpc) is 3.17. The van der Waals surface area contributed by atoms with Gasteiger partial charge in [0.1, 0.15) is 16.3 Å². The van der Waals surface area contributed by atoms with Crippen molar-refractivity contribution in [2.45, 2.75) is 39.2 Å². The van der Waals surface area contributed by atoms with Crippen LogP contribution >= 0.6 is 22.9 Å². The molecule has 2 heterocycles. The van der Waals surface area contributed by atoms with Gasteiger partial charge in [-0.15, -0.1) is 11.3 Å². The van der Waals surface area contributed by atoms with E-state index in [4.69, 9.17) is 16.3 Å². The van der Waals surface area contributed by atoms with Gasteiger partial charge in [-0.05, 0) is 51.7 Å². The molecule has 6 nitrogen and oxygen atoms in total. The fraction of sp³-hybridized carbons (Fsp3) is 0.500. The molecule has 30 heavy (non-hydrogen) atoms. The van der Waals surface area contributed by atoms with Gasteiger partial charge in [0.15, 0.2) is 0 Å². The summed E-state index contributed by atoms with van der Waals surface area (Å²) in [6, 6.07) is 7.43. The normalized spacial score (nSPS) is 17.0. The predicted octanol–water partition coefficient (Wildman–Crippen LogP) is 5.18. The molecule has 1 aliphatic heterocycles. The van der Waals surface area contributed by atoms with Crippen molar-refractivity contribution in [1.82, 2.24) is 14.8 Å². The van der Waals surface area contributed by atoms with Crippen LogP contribution in [-0.4, -0.2) is 59.1 Å². The number of likely N-dealkylation sites (tertiary alicyclic amines) is 1. The first kappa shape index (κ1) is 22.6. The number of hydrogen-bond acceptors (Lipinski definition) is 5. The van der Waals surface area contributed by atoms with Crippen LogP contribution in [0, 0.1) is 5.92 Å². The molecule has 2 aromatic rings. The highest BCUT2D eigenvalue weighted by atomic mass is 35.5. The number of amides is 2. The Morgan fingerprint density at radius 2 is 2.00 bits per heavy atom. The molecule has 0 bridgehead atoms. The largest absolute Gasteiger partial charge is 0.444 e. The van der Waals surface area contributed by atoms with E-state index in [9.17, 15) is 9.59 Å². The van der Waals surface area contributed by atoms with Crippen LogP contribution in [0.2, 0.25) is 5.02 Å². The minimum absolute atomic E-state index is 0.0592. The molecule has 162 valence electrons. The number of rotatable bonds is 4. The number of carbonyl (C=O) groups is 2. The maximum atomic E-state index is 13.0. The Hall–Kier alpha value is -2.12. The maximum absolute atomic E-state index is 13.0. The number of ether oxygens (including phenoxy) is 1. The van der Waals surface area contributed by atoms with Crippen molar-refractivity contribution in [3.8, 4) is 10.6 Å². The number of halogens is 1. The fourth-order valence-electron chi connectivity index (χ4n) is 3.46. The number of aromatic nitrogens is 1. The number of hydrogen-bond donors (Lipinski definition) is 0. The lowest BCUT2D eigenvalue weighted by molar-refractivity contribution is 0.0244. The van der Waals surface area contributed by atoms with E-state index >= 15 is 0 Å². The van der Waals surface area contributed by atoms with Crippen molar-refractivity contribution in [3.05, 3.63) is 40.4 Å². The lowest BCUT2D eigenvalue weighted by Gasteiger charge is -2.34. The van der Waals surface area contributed by atoms with Crippen molar-refractivity contribution < 1.29 is 14.3 Å². The van der Waals surface area contributed by atoms with Gasteiger partial charge >= 0.3 is 6.09 Å². The molecule has 0 saturated carbocycles. The lowest BCUT2D eigenvalue weighted by Crippen LogP contribution is -2.45. The van der Waals surface area contributed by atoms with E-state index in [1.165, 1.54) is 11.3 Å². The van der Waals surface area contributed by atoms with E-state index in [0.717, 1.165) is 23.4 Å². The van der Waals surface area contributed by atoms with E-state index in [1.54, 1.807) is 11.9 Å². The molecule has 8 heteroatoms. The summed E-state index contributed by atoms with van der Waals surface area (Å²) in [6.07, 6.45) is 1.55. The second-order valence-electron chi connectivity index (χ2n) is 8.67. The van der Waals surface area contributed by atoms with Crippen LogP contribution in [0.5, 0.6) is 0 Å². The first-order chi connectivity index (χ1) is 14.1. The van der Waals surface area contributed by atoms with Gasteiger partial charge in [0.05, 0.1) is 0 Å². The Kier molecular flexibility index (Phi) is 7.03. The molecule has 0 aliphatic carbocycles. The molecule has 0 N–H and O–H groups in total. The van der Waals surface area contributed by atoms with Crippen molar-refractivity contribution >= 4 is 34.9 Å². The number of thiazole rings is 1. The third kappa shape index (κ3) is 5.95. The van der Waals surface area contributed by atoms with E-state index in [0.29, 0.717) is 30.4 Å². The van der Waals surface area contributed by atoms with Crippen molar-refractivity contribution in [2.24, 2.45) is 5.92 Å². The third-order valence-electron chi connectivity index (χ3n) is 4.86. The molecule has 1 aromatic heterocycles. The molecule has 1 aromatic carbocycles. The van der Waals surface area contributed by atoms with Gasteiger partial charge in [-0.1, -0.05) is 23.7 Å². The summed E-state index contributed by atoms with van der Waals surface area (Å²) in [5.74, 6) is 0.158. The maximum Gasteiger partial charge on any atom is 0.410 e. The Morgan fingerprint density at radius 3 is 2.67 bits per heavy atom. The Morgan fingerprint density at radius 1 is 1.30 bits per heavy atom. The van der Waals surface area contributed by atoms with Crippen LogP contribution < -0.4 is 0 Å². The average molecular weight is 450 g/mol. The standard InChI is InChI=1S/C22H28ClN3O3S/c1-22(2,3)29-21(28)25(4)12-15-6-5-11-26(13-15)20(27)18-14-30-19(24-18)16-7-9-17(23)10-8-16/h7-10,14-15H,5-6,11-13H2,1-4H3. The summed E-state index contributed by atoms with van der Waals surface area (Å²) in [6.45, 7) is 7.44. The monoisotopic (exact) mass is 449 g/mol. The van der Waals surface area contributed by atoms with Crippen LogP contribution in [-0.2, 0) is 4.74 Å². The molecule has 1 aliphatic rings. The zero-order chi connectivity index (χ0) is 21.9. The number of piperidine rings is 1. The minimum atomic E-state index is -0.522. The first-order valence-electron chi connectivity index (χ1n) is 10.1. The molecule has 0 spiro atoms. The van der Waals surface area contributed by atoms with Crippen LogP contribution in [0.1, 0.15) is 44.1 Å². The SMILES string of the molecule is CN(CC1CCCN(C(=O)c2csc(-c3ccc(Cl)cc3)n2)C1)C(=O)OC(C)(C)C. The lowest BCUT2D eigenvalue weighted by atomic mass is 9.97. The van der Waals surface area contributed by atoms with Gasteiger partial charge in [0.2, 0.25) is 0 Å². The van der Waals surface area contributed by atoms with Gasteiger partial charge in [-0.2, -0.15) is 0 Å². The second kappa shape index (κ2) is 9.35. The summed E-state index contributed by atoms with van der Waals surface area (Å²) < 4.78 is 5.43. The Balaban J connectivity index is 1.60. The molecular weight excluding hydrogens is 422 g/mol. The van der Waals surface area contributed by atoms with Crippen molar-refractivity contribution in [3.63, 3.8) is 0 Å². The fourth-order valence-corrected chi connectivity index (χ4v) is 4.39. The highest BCUT2D eigenvalue weighted by Crippen LogP contribution is 2.27. The highest BCUT2D eigenvalue weighted by Gasteiger charge is 2.28. The van der Waals surface area contributed by atoms with Crippen LogP contribution in [0.15, 0.2) is 29.6 Å². The van der Waals surface area contributed by atoms with Crippen LogP contribution in [0.4, 0.5) is 4.79 Å². The predicted molar refractivity (Wildman–Crippen MR) is 120 cm³/mol. The molecule has 2 amide bonds. The summed E-state index contributed by atoms with van der Waals surface area (Å²) in [4.78, 5) is 33.2. The Labute approximate surface area is 186 Å². The number of nitrogens with zero attached hydrogens (tertiary/aromatic N) is 3. The van der Waals surface area contributed by atoms with Crippen LogP contribution in [0.3, 0.4) is 0 Å². The second-order valence-corrected chi connectivity index (χ2v) is 9.96. The summed E-state index contributed by atoms with van der Waals surface area (Å²) >= 11 is 7.40. The summed E-state index contributed by atoms with van der Waals surface area (Å²) in [5.41, 5.74) is 0.886. The van der Waals surface area contributed by atoms with Crippen LogP contribution in [0.25, 0.3) is 10.6 Å². The van der Waals surface area contributed by atoms with Crippen molar-refractivity contribution in [1.29, 1.82) is 0 Å². The first-order valence-corrected chi connectivity index (χ1v) is 11.3. The van der Waals surface area contributed by atoms with Gasteiger partial charge in [-0.25, -0.2) is 9.78 Å². The molecular formula is C22H28ClN3O3S. The minimum Gasteiger partial charge on any atom is -0.444 e. The van der Waals surface area contributed by atoms with Gasteiger partial charge in [0.25, 0.3) is 5.91 Å². The number of benzene rings is 1. The van der Waals surface area contributed by atoms with Gasteiger partial charge in [0, 0.05) is 42.6 Å². The third-order valence-corrected chi connectivity index (χ3v) is 6.00. The molecule has 1 unspecified atom stereocenters. The topological polar surface area (TPSA) is 62.7 Å². The smallest absolute Gasteiger partial charge is 0.410 e. The van der Waals surface area contributed by atoms with Gasteiger partial charge < -0.3 is 14.5 Å². The quantitative estimate of drug-likeness (QED) is 0.644. The van der Waals surface area contributed by atoms with E-state index < -0.39 is 5.60 Å². The Bertz CT molecular complexity index is 892. The molecule has 1 atom stereocenters.